The van der Waals surface area contributed by atoms with E-state index >= 15 is 0 Å². The molecule has 2 atom stereocenters. The molecule has 2 aliphatic heterocycles. The monoisotopic (exact) mass is 360 g/mol. The molecule has 1 aromatic carbocycles. The Morgan fingerprint density at radius 1 is 1.27 bits per heavy atom. The fraction of sp³-hybridized carbons (Fsp3) is 0.333. The summed E-state index contributed by atoms with van der Waals surface area (Å²) in [6.07, 6.45) is 0.948. The molecule has 0 aromatic heterocycles. The van der Waals surface area contributed by atoms with Crippen molar-refractivity contribution in [3.8, 4) is 11.5 Å². The number of methoxy groups -OCH3 is 1. The van der Waals surface area contributed by atoms with Crippen molar-refractivity contribution in [1.82, 2.24) is 0 Å². The molecule has 136 valence electrons. The molecular formula is C18H16O8. The third kappa shape index (κ3) is 2.83. The maximum absolute atomic E-state index is 12.8. The maximum Gasteiger partial charge on any atom is 0.355 e. The standard InChI is InChI=1S/C18H16O8/c1-9-6-12(24-10(2)19)16-11(20)8-18(17(22)23-3,26-13(16)7-9)14-4-5-15(21)25-14/h4-7,14H,8H2,1-3H3/t14-,18+/m0/s1. The molecule has 0 saturated carbocycles. The average Bonchev–Trinajstić information content (AvgIpc) is 2.99. The minimum Gasteiger partial charge on any atom is -0.470 e. The predicted octanol–water partition coefficient (Wildman–Crippen LogP) is 1.28. The van der Waals surface area contributed by atoms with E-state index in [1.54, 1.807) is 6.92 Å². The Balaban J connectivity index is 2.12. The second-order valence-electron chi connectivity index (χ2n) is 6.03. The van der Waals surface area contributed by atoms with Crippen LogP contribution < -0.4 is 9.47 Å². The van der Waals surface area contributed by atoms with Crippen LogP contribution in [0.3, 0.4) is 0 Å². The van der Waals surface area contributed by atoms with E-state index in [1.807, 2.05) is 0 Å². The second-order valence-corrected chi connectivity index (χ2v) is 6.03. The van der Waals surface area contributed by atoms with Gasteiger partial charge in [-0.2, -0.15) is 0 Å². The van der Waals surface area contributed by atoms with Gasteiger partial charge in [0.15, 0.2) is 11.9 Å². The Labute approximate surface area is 148 Å². The van der Waals surface area contributed by atoms with Crippen molar-refractivity contribution >= 4 is 23.7 Å². The lowest BCUT2D eigenvalue weighted by Crippen LogP contribution is -2.57. The number of ketones is 1. The molecule has 8 heteroatoms. The third-order valence-corrected chi connectivity index (χ3v) is 4.10. The van der Waals surface area contributed by atoms with Gasteiger partial charge < -0.3 is 18.9 Å². The molecule has 3 rings (SSSR count). The molecule has 0 N–H and O–H groups in total. The molecule has 0 spiro atoms. The number of hydrogen-bond donors (Lipinski definition) is 0. The van der Waals surface area contributed by atoms with Crippen molar-refractivity contribution in [3.63, 3.8) is 0 Å². The summed E-state index contributed by atoms with van der Waals surface area (Å²) in [5, 5.41) is 0. The van der Waals surface area contributed by atoms with Crippen LogP contribution in [0.15, 0.2) is 24.3 Å². The van der Waals surface area contributed by atoms with Gasteiger partial charge in [-0.3, -0.25) is 9.59 Å². The van der Waals surface area contributed by atoms with E-state index in [4.69, 9.17) is 18.9 Å². The first-order valence-corrected chi connectivity index (χ1v) is 7.79. The van der Waals surface area contributed by atoms with Crippen LogP contribution in [0.5, 0.6) is 11.5 Å². The highest BCUT2D eigenvalue weighted by Crippen LogP contribution is 2.43. The topological polar surface area (TPSA) is 105 Å². The molecular weight excluding hydrogens is 344 g/mol. The summed E-state index contributed by atoms with van der Waals surface area (Å²) >= 11 is 0. The molecule has 0 amide bonds. The van der Waals surface area contributed by atoms with Gasteiger partial charge in [-0.15, -0.1) is 0 Å². The Morgan fingerprint density at radius 3 is 2.58 bits per heavy atom. The largest absolute Gasteiger partial charge is 0.470 e. The third-order valence-electron chi connectivity index (χ3n) is 4.10. The van der Waals surface area contributed by atoms with E-state index in [0.717, 1.165) is 13.2 Å². The lowest BCUT2D eigenvalue weighted by Gasteiger charge is -2.38. The van der Waals surface area contributed by atoms with E-state index in [-0.39, 0.29) is 17.1 Å². The van der Waals surface area contributed by atoms with Crippen molar-refractivity contribution in [2.45, 2.75) is 32.0 Å². The van der Waals surface area contributed by atoms with Crippen molar-refractivity contribution in [3.05, 3.63) is 35.4 Å². The molecule has 8 nitrogen and oxygen atoms in total. The fourth-order valence-corrected chi connectivity index (χ4v) is 3.05. The number of cyclic esters (lactones) is 1. The van der Waals surface area contributed by atoms with Gasteiger partial charge in [-0.1, -0.05) is 0 Å². The van der Waals surface area contributed by atoms with Crippen LogP contribution in [0.2, 0.25) is 0 Å². The molecule has 2 heterocycles. The first-order valence-electron chi connectivity index (χ1n) is 7.79. The number of rotatable bonds is 3. The van der Waals surface area contributed by atoms with E-state index in [1.165, 1.54) is 25.1 Å². The zero-order chi connectivity index (χ0) is 19.1. The maximum atomic E-state index is 12.8. The lowest BCUT2D eigenvalue weighted by atomic mass is 9.84. The number of hydrogen-bond acceptors (Lipinski definition) is 8. The van der Waals surface area contributed by atoms with E-state index in [2.05, 4.69) is 0 Å². The number of Topliss-reactive ketones (excluding diaryl/α,β-unsaturated/α-hetero) is 1. The van der Waals surface area contributed by atoms with Gasteiger partial charge in [0, 0.05) is 13.0 Å². The second kappa shape index (κ2) is 6.29. The first kappa shape index (κ1) is 17.7. The Hall–Kier alpha value is -3.16. The van der Waals surface area contributed by atoms with Gasteiger partial charge in [0.05, 0.1) is 13.5 Å². The highest BCUT2D eigenvalue weighted by atomic mass is 16.6. The van der Waals surface area contributed by atoms with Crippen molar-refractivity contribution in [1.29, 1.82) is 0 Å². The average molecular weight is 360 g/mol. The molecule has 2 aliphatic rings. The van der Waals surface area contributed by atoms with Gasteiger partial charge >= 0.3 is 17.9 Å². The summed E-state index contributed by atoms with van der Waals surface area (Å²) < 4.78 is 20.9. The molecule has 1 aromatic rings. The number of carbonyl (C=O) groups excluding carboxylic acids is 4. The zero-order valence-corrected chi connectivity index (χ0v) is 14.4. The minimum atomic E-state index is -1.84. The van der Waals surface area contributed by atoms with Gasteiger partial charge in [0.2, 0.25) is 0 Å². The number of ether oxygens (including phenoxy) is 4. The molecule has 0 fully saturated rings. The van der Waals surface area contributed by atoms with Crippen LogP contribution in [0, 0.1) is 6.92 Å². The SMILES string of the molecule is COC(=O)[C@]1([C@@H]2C=CC(=O)O2)CC(=O)c2c(OC(C)=O)cc(C)cc2O1. The van der Waals surface area contributed by atoms with Crippen LogP contribution in [-0.2, 0) is 23.9 Å². The van der Waals surface area contributed by atoms with Crippen molar-refractivity contribution in [2.75, 3.05) is 7.11 Å². The smallest absolute Gasteiger partial charge is 0.355 e. The lowest BCUT2D eigenvalue weighted by molar-refractivity contribution is -0.173. The van der Waals surface area contributed by atoms with E-state index < -0.39 is 41.8 Å². The minimum absolute atomic E-state index is 0.0509. The van der Waals surface area contributed by atoms with Crippen molar-refractivity contribution in [2.24, 2.45) is 0 Å². The highest BCUT2D eigenvalue weighted by molar-refractivity contribution is 6.07. The zero-order valence-electron chi connectivity index (χ0n) is 14.4. The van der Waals surface area contributed by atoms with Crippen molar-refractivity contribution < 1.29 is 38.1 Å². The van der Waals surface area contributed by atoms with Crippen LogP contribution in [-0.4, -0.2) is 42.5 Å². The van der Waals surface area contributed by atoms with Crippen LogP contribution in [0.25, 0.3) is 0 Å². The molecule has 0 saturated heterocycles. The number of aryl methyl sites for hydroxylation is 1. The van der Waals surface area contributed by atoms with Crippen LogP contribution in [0.4, 0.5) is 0 Å². The van der Waals surface area contributed by atoms with Gasteiger partial charge in [0.25, 0.3) is 5.60 Å². The van der Waals surface area contributed by atoms with Crippen LogP contribution >= 0.6 is 0 Å². The number of fused-ring (bicyclic) bond motifs is 1. The number of esters is 3. The molecule has 0 aliphatic carbocycles. The van der Waals surface area contributed by atoms with Gasteiger partial charge in [-0.25, -0.2) is 9.59 Å². The van der Waals surface area contributed by atoms with Gasteiger partial charge in [0.1, 0.15) is 17.1 Å². The molecule has 0 radical (unpaired) electrons. The molecule has 26 heavy (non-hydrogen) atoms. The summed E-state index contributed by atoms with van der Waals surface area (Å²) in [6.45, 7) is 2.93. The van der Waals surface area contributed by atoms with E-state index in [0.29, 0.717) is 5.56 Å². The fourth-order valence-electron chi connectivity index (χ4n) is 3.05. The summed E-state index contributed by atoms with van der Waals surface area (Å²) in [4.78, 5) is 48.1. The van der Waals surface area contributed by atoms with E-state index in [9.17, 15) is 19.2 Å². The summed E-state index contributed by atoms with van der Waals surface area (Å²) in [6, 6.07) is 3.07. The number of carbonyl (C=O) groups is 4. The number of benzene rings is 1. The molecule has 0 bridgehead atoms. The summed E-state index contributed by atoms with van der Waals surface area (Å²) in [7, 11) is 1.15. The highest BCUT2D eigenvalue weighted by Gasteiger charge is 2.56. The summed E-state index contributed by atoms with van der Waals surface area (Å²) in [5.41, 5.74) is -1.14. The normalized spacial score (nSPS) is 23.7. The quantitative estimate of drug-likeness (QED) is 0.586. The van der Waals surface area contributed by atoms with Crippen LogP contribution in [0.1, 0.15) is 29.3 Å². The Morgan fingerprint density at radius 2 is 2.00 bits per heavy atom. The van der Waals surface area contributed by atoms with Gasteiger partial charge in [-0.05, 0) is 30.7 Å². The Kier molecular flexibility index (Phi) is 4.27. The molecule has 0 unspecified atom stereocenters. The summed E-state index contributed by atoms with van der Waals surface area (Å²) in [5.74, 6) is -2.48. The Bertz CT molecular complexity index is 853. The predicted molar refractivity (Wildman–Crippen MR) is 85.8 cm³/mol. The first-order chi connectivity index (χ1) is 12.3.